The first-order chi connectivity index (χ1) is 6.70. The number of halogens is 1. The Labute approximate surface area is 88.3 Å². The Bertz CT molecular complexity index is 406. The highest BCUT2D eigenvalue weighted by molar-refractivity contribution is 6.31. The van der Waals surface area contributed by atoms with Gasteiger partial charge in [-0.1, -0.05) is 11.6 Å². The molecular weight excluding hydrogens is 196 g/mol. The first-order valence-corrected chi connectivity index (χ1v) is 5.05. The Morgan fingerprint density at radius 3 is 2.93 bits per heavy atom. The molecule has 0 unspecified atom stereocenters. The number of aryl methyl sites for hydroxylation is 1. The highest BCUT2D eigenvalue weighted by Gasteiger charge is 2.17. The number of hydrogen-bond acceptors (Lipinski definition) is 2. The number of nitrogens with zero attached hydrogens (tertiary/aromatic N) is 1. The molecule has 0 aromatic heterocycles. The lowest BCUT2D eigenvalue weighted by Gasteiger charge is -2.21. The first kappa shape index (κ1) is 9.51. The largest absolute Gasteiger partial charge is 0.327 e. The number of fused-ring (bicyclic) bond motifs is 1. The predicted octanol–water partition coefficient (Wildman–Crippen LogP) is 2.03. The van der Waals surface area contributed by atoms with Crippen molar-refractivity contribution in [2.75, 3.05) is 0 Å². The fourth-order valence-electron chi connectivity index (χ4n) is 1.89. The maximum atomic E-state index is 8.81. The normalized spacial score (nSPS) is 19.9. The molecule has 0 amide bonds. The molecule has 2 N–H and O–H groups in total. The third kappa shape index (κ3) is 1.61. The van der Waals surface area contributed by atoms with Crippen molar-refractivity contribution >= 4 is 11.6 Å². The minimum Gasteiger partial charge on any atom is -0.327 e. The van der Waals surface area contributed by atoms with E-state index in [1.807, 2.05) is 12.1 Å². The zero-order valence-electron chi connectivity index (χ0n) is 7.76. The number of nitrogens with two attached hydrogens (primary N) is 1. The second-order valence-corrected chi connectivity index (χ2v) is 4.12. The average molecular weight is 207 g/mol. The van der Waals surface area contributed by atoms with Crippen LogP contribution >= 0.6 is 11.6 Å². The van der Waals surface area contributed by atoms with E-state index >= 15 is 0 Å². The van der Waals surface area contributed by atoms with Crippen LogP contribution in [0.3, 0.4) is 0 Å². The van der Waals surface area contributed by atoms with Gasteiger partial charge in [0.25, 0.3) is 0 Å². The molecule has 1 aliphatic rings. The van der Waals surface area contributed by atoms with Crippen molar-refractivity contribution in [2.24, 2.45) is 5.73 Å². The lowest BCUT2D eigenvalue weighted by Crippen LogP contribution is -2.27. The van der Waals surface area contributed by atoms with Crippen LogP contribution in [0.5, 0.6) is 0 Å². The zero-order chi connectivity index (χ0) is 10.1. The Morgan fingerprint density at radius 1 is 1.43 bits per heavy atom. The topological polar surface area (TPSA) is 49.8 Å². The van der Waals surface area contributed by atoms with E-state index < -0.39 is 0 Å². The molecule has 3 heteroatoms. The van der Waals surface area contributed by atoms with Crippen molar-refractivity contribution in [1.29, 1.82) is 5.26 Å². The highest BCUT2D eigenvalue weighted by Crippen LogP contribution is 2.26. The van der Waals surface area contributed by atoms with Crippen LogP contribution in [0.2, 0.25) is 5.02 Å². The fourth-order valence-corrected chi connectivity index (χ4v) is 2.12. The quantitative estimate of drug-likeness (QED) is 0.706. The van der Waals surface area contributed by atoms with Crippen molar-refractivity contribution in [2.45, 2.75) is 25.3 Å². The molecular formula is C11H11ClN2. The molecule has 14 heavy (non-hydrogen) atoms. The summed E-state index contributed by atoms with van der Waals surface area (Å²) in [5.41, 5.74) is 8.86. The van der Waals surface area contributed by atoms with Crippen molar-refractivity contribution in [3.05, 3.63) is 33.8 Å². The van der Waals surface area contributed by atoms with Crippen LogP contribution in [0, 0.1) is 11.3 Å². The van der Waals surface area contributed by atoms with E-state index in [-0.39, 0.29) is 6.04 Å². The van der Waals surface area contributed by atoms with E-state index in [0.29, 0.717) is 10.6 Å². The first-order valence-electron chi connectivity index (χ1n) is 4.67. The summed E-state index contributed by atoms with van der Waals surface area (Å²) in [6, 6.07) is 6.11. The van der Waals surface area contributed by atoms with E-state index in [1.165, 1.54) is 11.1 Å². The van der Waals surface area contributed by atoms with Gasteiger partial charge in [0.05, 0.1) is 10.6 Å². The third-order valence-corrected chi connectivity index (χ3v) is 2.99. The summed E-state index contributed by atoms with van der Waals surface area (Å²) >= 11 is 5.95. The van der Waals surface area contributed by atoms with Crippen LogP contribution in [0.4, 0.5) is 0 Å². The molecule has 0 heterocycles. The lowest BCUT2D eigenvalue weighted by molar-refractivity contribution is 0.576. The van der Waals surface area contributed by atoms with Crippen molar-refractivity contribution in [1.82, 2.24) is 0 Å². The summed E-state index contributed by atoms with van der Waals surface area (Å²) in [5, 5.41) is 9.35. The van der Waals surface area contributed by atoms with Crippen LogP contribution in [0.25, 0.3) is 0 Å². The molecule has 72 valence electrons. The number of benzene rings is 1. The van der Waals surface area contributed by atoms with Gasteiger partial charge in [-0.15, -0.1) is 0 Å². The van der Waals surface area contributed by atoms with Gasteiger partial charge in [-0.25, -0.2) is 0 Å². The molecule has 0 bridgehead atoms. The SMILES string of the molecule is N#Cc1cc2c(cc1Cl)C[C@@H](N)CC2. The van der Waals surface area contributed by atoms with E-state index in [4.69, 9.17) is 22.6 Å². The molecule has 2 rings (SSSR count). The Kier molecular flexibility index (Phi) is 2.45. The summed E-state index contributed by atoms with van der Waals surface area (Å²) in [5.74, 6) is 0. The maximum absolute atomic E-state index is 8.81. The van der Waals surface area contributed by atoms with Crippen LogP contribution in [0.15, 0.2) is 12.1 Å². The maximum Gasteiger partial charge on any atom is 0.101 e. The fraction of sp³-hybridized carbons (Fsp3) is 0.364. The molecule has 0 saturated carbocycles. The minimum absolute atomic E-state index is 0.242. The summed E-state index contributed by atoms with van der Waals surface area (Å²) in [6.07, 6.45) is 2.84. The Balaban J connectivity index is 2.47. The van der Waals surface area contributed by atoms with Crippen LogP contribution < -0.4 is 5.73 Å². The molecule has 1 atom stereocenters. The van der Waals surface area contributed by atoms with Gasteiger partial charge in [-0.2, -0.15) is 5.26 Å². The molecule has 0 radical (unpaired) electrons. The van der Waals surface area contributed by atoms with Gasteiger partial charge in [0, 0.05) is 6.04 Å². The van der Waals surface area contributed by atoms with Gasteiger partial charge in [0.1, 0.15) is 6.07 Å². The second kappa shape index (κ2) is 3.61. The van der Waals surface area contributed by atoms with Crippen molar-refractivity contribution < 1.29 is 0 Å². The summed E-state index contributed by atoms with van der Waals surface area (Å²) in [4.78, 5) is 0. The number of hydrogen-bond donors (Lipinski definition) is 1. The standard InChI is InChI=1S/C11H11ClN2/c12-11-5-8-4-10(14)2-1-7(8)3-9(11)6-13/h3,5,10H,1-2,4,14H2/t10-/m0/s1. The van der Waals surface area contributed by atoms with Crippen LogP contribution in [-0.2, 0) is 12.8 Å². The average Bonchev–Trinajstić information content (AvgIpc) is 2.16. The number of nitriles is 1. The molecule has 0 spiro atoms. The Morgan fingerprint density at radius 2 is 2.21 bits per heavy atom. The predicted molar refractivity (Wildman–Crippen MR) is 56.2 cm³/mol. The third-order valence-electron chi connectivity index (χ3n) is 2.68. The zero-order valence-corrected chi connectivity index (χ0v) is 8.51. The van der Waals surface area contributed by atoms with E-state index in [9.17, 15) is 0 Å². The summed E-state index contributed by atoms with van der Waals surface area (Å²) < 4.78 is 0. The lowest BCUT2D eigenvalue weighted by atomic mass is 9.88. The summed E-state index contributed by atoms with van der Waals surface area (Å²) in [6.45, 7) is 0. The molecule has 0 fully saturated rings. The van der Waals surface area contributed by atoms with Crippen molar-refractivity contribution in [3.8, 4) is 6.07 Å². The van der Waals surface area contributed by atoms with Gasteiger partial charge in [0.2, 0.25) is 0 Å². The van der Waals surface area contributed by atoms with Crippen molar-refractivity contribution in [3.63, 3.8) is 0 Å². The van der Waals surface area contributed by atoms with Crippen LogP contribution in [-0.4, -0.2) is 6.04 Å². The monoisotopic (exact) mass is 206 g/mol. The summed E-state index contributed by atoms with van der Waals surface area (Å²) in [7, 11) is 0. The molecule has 1 aromatic carbocycles. The van der Waals surface area contributed by atoms with Crippen LogP contribution in [0.1, 0.15) is 23.1 Å². The molecule has 0 aliphatic heterocycles. The second-order valence-electron chi connectivity index (χ2n) is 3.72. The highest BCUT2D eigenvalue weighted by atomic mass is 35.5. The van der Waals surface area contributed by atoms with Gasteiger partial charge in [-0.3, -0.25) is 0 Å². The Hall–Kier alpha value is -1.04. The van der Waals surface area contributed by atoms with E-state index in [2.05, 4.69) is 6.07 Å². The van der Waals surface area contributed by atoms with Gasteiger partial charge in [0.15, 0.2) is 0 Å². The molecule has 1 aromatic rings. The minimum atomic E-state index is 0.242. The van der Waals surface area contributed by atoms with Gasteiger partial charge < -0.3 is 5.73 Å². The number of rotatable bonds is 0. The smallest absolute Gasteiger partial charge is 0.101 e. The molecule has 2 nitrogen and oxygen atoms in total. The van der Waals surface area contributed by atoms with E-state index in [1.54, 1.807) is 0 Å². The van der Waals surface area contributed by atoms with E-state index in [0.717, 1.165) is 19.3 Å². The van der Waals surface area contributed by atoms with Gasteiger partial charge >= 0.3 is 0 Å². The van der Waals surface area contributed by atoms with Gasteiger partial charge in [-0.05, 0) is 42.5 Å². The molecule has 1 aliphatic carbocycles. The molecule has 0 saturated heterocycles.